The van der Waals surface area contributed by atoms with Gasteiger partial charge in [-0.15, -0.1) is 11.3 Å². The fourth-order valence-electron chi connectivity index (χ4n) is 3.98. The summed E-state index contributed by atoms with van der Waals surface area (Å²) in [5, 5.41) is 14.7. The third kappa shape index (κ3) is 6.37. The van der Waals surface area contributed by atoms with Gasteiger partial charge in [-0.1, -0.05) is 24.3 Å². The number of piperidine rings is 1. The molecular weight excluding hydrogens is 481 g/mol. The summed E-state index contributed by atoms with van der Waals surface area (Å²) < 4.78 is 39.3. The Balaban J connectivity index is 1.35. The van der Waals surface area contributed by atoms with Crippen molar-refractivity contribution >= 4 is 34.7 Å². The van der Waals surface area contributed by atoms with Crippen molar-refractivity contribution in [1.82, 2.24) is 9.88 Å². The number of anilines is 2. The topological polar surface area (TPSA) is 94.6 Å². The zero-order chi connectivity index (χ0) is 25.0. The van der Waals surface area contributed by atoms with E-state index in [-0.39, 0.29) is 12.2 Å². The molecule has 35 heavy (non-hydrogen) atoms. The van der Waals surface area contributed by atoms with Crippen LogP contribution in [0, 0.1) is 0 Å². The molecule has 0 radical (unpaired) electrons. The number of benzene rings is 2. The number of rotatable bonds is 6. The maximum atomic E-state index is 13.1. The largest absolute Gasteiger partial charge is 0.480 e. The van der Waals surface area contributed by atoms with Crippen LogP contribution in [-0.4, -0.2) is 46.6 Å². The lowest BCUT2D eigenvalue weighted by Crippen LogP contribution is -2.36. The summed E-state index contributed by atoms with van der Waals surface area (Å²) in [5.41, 5.74) is 0.107. The first-order valence-corrected chi connectivity index (χ1v) is 11.8. The van der Waals surface area contributed by atoms with Crippen LogP contribution in [0.2, 0.25) is 0 Å². The normalized spacial score (nSPS) is 15.1. The molecule has 4 rings (SSSR count). The number of thiazole rings is 1. The van der Waals surface area contributed by atoms with Gasteiger partial charge in [0.15, 0.2) is 0 Å². The number of alkyl halides is 3. The maximum Gasteiger partial charge on any atom is 0.418 e. The summed E-state index contributed by atoms with van der Waals surface area (Å²) in [6, 6.07) is 11.0. The second-order valence-electron chi connectivity index (χ2n) is 8.21. The lowest BCUT2D eigenvalue weighted by atomic mass is 9.98. The van der Waals surface area contributed by atoms with Gasteiger partial charge in [0.2, 0.25) is 0 Å². The molecular formula is C24H23F3N4O3S. The van der Waals surface area contributed by atoms with Crippen LogP contribution in [0.4, 0.5) is 29.3 Å². The van der Waals surface area contributed by atoms with E-state index in [1.54, 1.807) is 29.7 Å². The van der Waals surface area contributed by atoms with Gasteiger partial charge in [-0.3, -0.25) is 9.69 Å². The van der Waals surface area contributed by atoms with Crippen molar-refractivity contribution in [1.29, 1.82) is 0 Å². The van der Waals surface area contributed by atoms with Gasteiger partial charge in [-0.05, 0) is 55.8 Å². The van der Waals surface area contributed by atoms with E-state index in [4.69, 9.17) is 5.11 Å². The number of aromatic nitrogens is 1. The fourth-order valence-corrected chi connectivity index (χ4v) is 5.07. The lowest BCUT2D eigenvalue weighted by molar-refractivity contribution is -0.139. The summed E-state index contributed by atoms with van der Waals surface area (Å²) in [7, 11) is 0. The number of nitrogens with zero attached hydrogens (tertiary/aromatic N) is 2. The molecule has 3 aromatic rings. The molecule has 11 heteroatoms. The number of amides is 2. The number of hydrogen-bond acceptors (Lipinski definition) is 5. The highest BCUT2D eigenvalue weighted by molar-refractivity contribution is 7.15. The molecule has 0 saturated carbocycles. The zero-order valence-corrected chi connectivity index (χ0v) is 19.3. The third-order valence-electron chi connectivity index (χ3n) is 5.73. The first kappa shape index (κ1) is 24.7. The number of halogens is 3. The summed E-state index contributed by atoms with van der Waals surface area (Å²) in [6.07, 6.45) is -1.06. The number of carbonyl (C=O) groups is 2. The van der Waals surface area contributed by atoms with Gasteiger partial charge in [-0.25, -0.2) is 9.78 Å². The van der Waals surface area contributed by atoms with Crippen molar-refractivity contribution < 1.29 is 27.9 Å². The molecule has 0 aliphatic carbocycles. The molecule has 0 unspecified atom stereocenters. The van der Waals surface area contributed by atoms with Crippen LogP contribution in [0.15, 0.2) is 54.7 Å². The molecule has 2 aromatic carbocycles. The van der Waals surface area contributed by atoms with Crippen molar-refractivity contribution in [3.63, 3.8) is 0 Å². The van der Waals surface area contributed by atoms with Crippen molar-refractivity contribution in [2.75, 3.05) is 30.3 Å². The first-order valence-electron chi connectivity index (χ1n) is 10.9. The highest BCUT2D eigenvalue weighted by Gasteiger charge is 2.33. The summed E-state index contributed by atoms with van der Waals surface area (Å²) >= 11 is 1.58. The van der Waals surface area contributed by atoms with Crippen molar-refractivity contribution in [3.8, 4) is 10.4 Å². The molecule has 2 amide bonds. The molecule has 1 saturated heterocycles. The van der Waals surface area contributed by atoms with Crippen molar-refractivity contribution in [2.45, 2.75) is 24.9 Å². The number of carbonyl (C=O) groups excluding carboxylic acids is 1. The number of hydrogen-bond donors (Lipinski definition) is 3. The van der Waals surface area contributed by atoms with E-state index in [0.717, 1.165) is 47.4 Å². The van der Waals surface area contributed by atoms with Crippen LogP contribution < -0.4 is 10.6 Å². The molecule has 1 aliphatic rings. The van der Waals surface area contributed by atoms with Crippen LogP contribution >= 0.6 is 11.3 Å². The first-order chi connectivity index (χ1) is 16.7. The number of likely N-dealkylation sites (tertiary alicyclic amines) is 1. The van der Waals surface area contributed by atoms with Crippen LogP contribution in [0.5, 0.6) is 0 Å². The zero-order valence-electron chi connectivity index (χ0n) is 18.5. The molecule has 1 fully saturated rings. The van der Waals surface area contributed by atoms with Gasteiger partial charge in [0.25, 0.3) is 0 Å². The van der Waals surface area contributed by atoms with Crippen LogP contribution in [0.1, 0.15) is 29.3 Å². The van der Waals surface area contributed by atoms with E-state index >= 15 is 0 Å². The number of para-hydroxylation sites is 1. The molecule has 1 aromatic heterocycles. The number of urea groups is 1. The minimum absolute atomic E-state index is 0.0586. The standard InChI is InChI=1S/C24H23F3N4O3S/c25-24(26,27)18-3-1-2-4-19(18)30-23(34)29-17-7-5-15(6-8-17)20-13-28-22(35-20)16-9-11-31(12-10-16)14-21(32)33/h1-8,13,16H,9-12,14H2,(H,32,33)(H2,29,30,34). The van der Waals surface area contributed by atoms with Gasteiger partial charge in [0.1, 0.15) is 0 Å². The quantitative estimate of drug-likeness (QED) is 0.398. The van der Waals surface area contributed by atoms with Gasteiger partial charge < -0.3 is 15.7 Å². The molecule has 7 nitrogen and oxygen atoms in total. The molecule has 1 aliphatic heterocycles. The second kappa shape index (κ2) is 10.4. The van der Waals surface area contributed by atoms with Gasteiger partial charge in [-0.2, -0.15) is 13.2 Å². The third-order valence-corrected chi connectivity index (χ3v) is 6.94. The highest BCUT2D eigenvalue weighted by Crippen LogP contribution is 2.36. The number of nitrogens with one attached hydrogen (secondary N) is 2. The smallest absolute Gasteiger partial charge is 0.418 e. The van der Waals surface area contributed by atoms with E-state index in [9.17, 15) is 22.8 Å². The SMILES string of the molecule is O=C(O)CN1CCC(c2ncc(-c3ccc(NC(=O)Nc4ccccc4C(F)(F)F)cc3)s2)CC1. The molecule has 184 valence electrons. The Labute approximate surface area is 203 Å². The summed E-state index contributed by atoms with van der Waals surface area (Å²) in [4.78, 5) is 30.6. The molecule has 2 heterocycles. The van der Waals surface area contributed by atoms with Gasteiger partial charge in [0.05, 0.1) is 27.7 Å². The lowest BCUT2D eigenvalue weighted by Gasteiger charge is -2.29. The summed E-state index contributed by atoms with van der Waals surface area (Å²) in [5.74, 6) is -0.524. The summed E-state index contributed by atoms with van der Waals surface area (Å²) in [6.45, 7) is 1.51. The van der Waals surface area contributed by atoms with Gasteiger partial charge in [0, 0.05) is 17.8 Å². The minimum Gasteiger partial charge on any atom is -0.480 e. The Hall–Kier alpha value is -3.44. The average Bonchev–Trinajstić information content (AvgIpc) is 3.29. The fraction of sp³-hybridized carbons (Fsp3) is 0.292. The predicted octanol–water partition coefficient (Wildman–Crippen LogP) is 5.74. The van der Waals surface area contributed by atoms with E-state index in [2.05, 4.69) is 15.6 Å². The average molecular weight is 505 g/mol. The molecule has 3 N–H and O–H groups in total. The number of aliphatic carboxylic acids is 1. The van der Waals surface area contributed by atoms with Crippen LogP contribution in [0.25, 0.3) is 10.4 Å². The van der Waals surface area contributed by atoms with E-state index < -0.39 is 23.7 Å². The van der Waals surface area contributed by atoms with Gasteiger partial charge >= 0.3 is 18.2 Å². The predicted molar refractivity (Wildman–Crippen MR) is 128 cm³/mol. The maximum absolute atomic E-state index is 13.1. The van der Waals surface area contributed by atoms with E-state index in [1.807, 2.05) is 17.0 Å². The Morgan fingerprint density at radius 2 is 1.74 bits per heavy atom. The Morgan fingerprint density at radius 3 is 2.40 bits per heavy atom. The monoisotopic (exact) mass is 504 g/mol. The Morgan fingerprint density at radius 1 is 1.06 bits per heavy atom. The van der Waals surface area contributed by atoms with Crippen LogP contribution in [-0.2, 0) is 11.0 Å². The molecule has 0 atom stereocenters. The van der Waals surface area contributed by atoms with Crippen LogP contribution in [0.3, 0.4) is 0 Å². The Kier molecular flexibility index (Phi) is 7.37. The van der Waals surface area contributed by atoms with Crippen molar-refractivity contribution in [3.05, 3.63) is 65.3 Å². The minimum atomic E-state index is -4.57. The van der Waals surface area contributed by atoms with Crippen molar-refractivity contribution in [2.24, 2.45) is 0 Å². The molecule has 0 bridgehead atoms. The Bertz CT molecular complexity index is 1190. The second-order valence-corrected chi connectivity index (χ2v) is 9.27. The highest BCUT2D eigenvalue weighted by atomic mass is 32.1. The molecule has 0 spiro atoms. The van der Waals surface area contributed by atoms with E-state index in [0.29, 0.717) is 11.6 Å². The number of carboxylic acids is 1. The van der Waals surface area contributed by atoms with E-state index in [1.165, 1.54) is 18.2 Å². The number of carboxylic acid groups (broad SMARTS) is 1.